The number of benzene rings is 1. The number of imidazole rings is 1. The molecule has 1 saturated heterocycles. The average Bonchev–Trinajstić information content (AvgIpc) is 3.23. The number of rotatable bonds is 11. The molecule has 2 N–H and O–H groups in total. The summed E-state index contributed by atoms with van der Waals surface area (Å²) < 4.78 is 13.4. The molecule has 1 aliphatic heterocycles. The smallest absolute Gasteiger partial charge is 0.190 e. The molecule has 30 heavy (non-hydrogen) atoms. The summed E-state index contributed by atoms with van der Waals surface area (Å²) in [6.45, 7) is 5.86. The van der Waals surface area contributed by atoms with Crippen molar-refractivity contribution in [3.05, 3.63) is 54.1 Å². The fourth-order valence-electron chi connectivity index (χ4n) is 3.55. The van der Waals surface area contributed by atoms with Crippen molar-refractivity contribution in [2.75, 3.05) is 46.6 Å². The summed E-state index contributed by atoms with van der Waals surface area (Å²) in [5.74, 6) is 2.56. The number of guanidine groups is 1. The summed E-state index contributed by atoms with van der Waals surface area (Å²) in [7, 11) is 1.80. The molecule has 0 radical (unpaired) electrons. The molecule has 1 aliphatic rings. The van der Waals surface area contributed by atoms with E-state index < -0.39 is 0 Å². The highest BCUT2D eigenvalue weighted by atomic mass is 16.5. The van der Waals surface area contributed by atoms with Gasteiger partial charge in [-0.05, 0) is 30.7 Å². The Kier molecular flexibility index (Phi) is 9.69. The van der Waals surface area contributed by atoms with Gasteiger partial charge in [0.05, 0.1) is 0 Å². The van der Waals surface area contributed by atoms with Crippen molar-refractivity contribution >= 4 is 5.96 Å². The van der Waals surface area contributed by atoms with E-state index in [4.69, 9.17) is 9.47 Å². The molecule has 2 aromatic rings. The minimum absolute atomic E-state index is 0.663. The molecule has 0 unspecified atom stereocenters. The zero-order valence-electron chi connectivity index (χ0n) is 18.1. The Bertz CT molecular complexity index is 741. The predicted molar refractivity (Wildman–Crippen MR) is 120 cm³/mol. The van der Waals surface area contributed by atoms with E-state index in [-0.39, 0.29) is 0 Å². The largest absolute Gasteiger partial charge is 0.381 e. The van der Waals surface area contributed by atoms with E-state index in [2.05, 4.69) is 49.4 Å². The first-order valence-electron chi connectivity index (χ1n) is 11.0. The molecule has 0 atom stereocenters. The second kappa shape index (κ2) is 13.0. The number of nitrogens with zero attached hydrogens (tertiary/aromatic N) is 3. The molecular formula is C23H35N5O2. The van der Waals surface area contributed by atoms with Crippen LogP contribution in [0.2, 0.25) is 0 Å². The Morgan fingerprint density at radius 2 is 2.00 bits per heavy atom. The third-order valence-electron chi connectivity index (χ3n) is 5.31. The Labute approximate surface area is 179 Å². The summed E-state index contributed by atoms with van der Waals surface area (Å²) in [5, 5.41) is 6.73. The van der Waals surface area contributed by atoms with Gasteiger partial charge in [-0.2, -0.15) is 0 Å². The summed E-state index contributed by atoms with van der Waals surface area (Å²) in [5.41, 5.74) is 1.28. The van der Waals surface area contributed by atoms with Gasteiger partial charge in [0.2, 0.25) is 0 Å². The van der Waals surface area contributed by atoms with Gasteiger partial charge >= 0.3 is 0 Å². The lowest BCUT2D eigenvalue weighted by molar-refractivity contribution is 0.0203. The second-order valence-electron chi connectivity index (χ2n) is 7.62. The van der Waals surface area contributed by atoms with Crippen molar-refractivity contribution in [2.45, 2.75) is 32.2 Å². The van der Waals surface area contributed by atoms with Crippen molar-refractivity contribution in [1.29, 1.82) is 0 Å². The highest BCUT2D eigenvalue weighted by Crippen LogP contribution is 2.14. The van der Waals surface area contributed by atoms with E-state index >= 15 is 0 Å². The van der Waals surface area contributed by atoms with Crippen LogP contribution in [0.25, 0.3) is 0 Å². The van der Waals surface area contributed by atoms with Crippen LogP contribution in [0.1, 0.15) is 30.7 Å². The molecule has 3 rings (SSSR count). The molecule has 164 valence electrons. The maximum absolute atomic E-state index is 5.81. The molecule has 2 heterocycles. The van der Waals surface area contributed by atoms with E-state index in [1.165, 1.54) is 5.56 Å². The van der Waals surface area contributed by atoms with Gasteiger partial charge < -0.3 is 24.7 Å². The van der Waals surface area contributed by atoms with Crippen LogP contribution in [0, 0.1) is 5.92 Å². The molecule has 0 spiro atoms. The monoisotopic (exact) mass is 413 g/mol. The van der Waals surface area contributed by atoms with E-state index in [0.717, 1.165) is 83.5 Å². The van der Waals surface area contributed by atoms with E-state index in [0.29, 0.717) is 5.92 Å². The van der Waals surface area contributed by atoms with E-state index in [9.17, 15) is 0 Å². The number of hydrogen-bond acceptors (Lipinski definition) is 4. The SMILES string of the molecule is CN=C(NCCCOCC1CCOCC1)NCCc1nccn1Cc1ccccc1. The summed E-state index contributed by atoms with van der Waals surface area (Å²) in [6.07, 6.45) is 7.96. The highest BCUT2D eigenvalue weighted by Gasteiger charge is 2.13. The Morgan fingerprint density at radius 3 is 2.80 bits per heavy atom. The first-order valence-corrected chi connectivity index (χ1v) is 11.0. The van der Waals surface area contributed by atoms with E-state index in [1.807, 2.05) is 18.5 Å². The minimum atomic E-state index is 0.663. The number of aromatic nitrogens is 2. The highest BCUT2D eigenvalue weighted by molar-refractivity contribution is 5.79. The lowest BCUT2D eigenvalue weighted by Gasteiger charge is -2.21. The zero-order chi connectivity index (χ0) is 20.9. The van der Waals surface area contributed by atoms with Gasteiger partial charge in [0, 0.05) is 71.9 Å². The molecular weight excluding hydrogens is 378 g/mol. The van der Waals surface area contributed by atoms with Crippen LogP contribution in [0.3, 0.4) is 0 Å². The normalized spacial score (nSPS) is 15.3. The maximum Gasteiger partial charge on any atom is 0.190 e. The van der Waals surface area contributed by atoms with Crippen molar-refractivity contribution < 1.29 is 9.47 Å². The van der Waals surface area contributed by atoms with Gasteiger partial charge in [0.1, 0.15) is 5.82 Å². The summed E-state index contributed by atoms with van der Waals surface area (Å²) >= 11 is 0. The van der Waals surface area contributed by atoms with Gasteiger partial charge in [0.15, 0.2) is 5.96 Å². The molecule has 0 saturated carbocycles. The van der Waals surface area contributed by atoms with Gasteiger partial charge in [-0.3, -0.25) is 4.99 Å². The van der Waals surface area contributed by atoms with Crippen LogP contribution in [-0.2, 0) is 22.4 Å². The van der Waals surface area contributed by atoms with E-state index in [1.54, 1.807) is 7.05 Å². The molecule has 1 fully saturated rings. The first-order chi connectivity index (χ1) is 14.8. The molecule has 7 nitrogen and oxygen atoms in total. The van der Waals surface area contributed by atoms with Crippen LogP contribution >= 0.6 is 0 Å². The van der Waals surface area contributed by atoms with Gasteiger partial charge in [-0.15, -0.1) is 0 Å². The van der Waals surface area contributed by atoms with Crippen LogP contribution in [0.15, 0.2) is 47.7 Å². The molecule has 1 aromatic heterocycles. The summed E-state index contributed by atoms with van der Waals surface area (Å²) in [6, 6.07) is 10.5. The predicted octanol–water partition coefficient (Wildman–Crippen LogP) is 2.47. The third kappa shape index (κ3) is 7.80. The minimum Gasteiger partial charge on any atom is -0.381 e. The van der Waals surface area contributed by atoms with Crippen LogP contribution in [0.4, 0.5) is 0 Å². The molecule has 0 bridgehead atoms. The van der Waals surface area contributed by atoms with Gasteiger partial charge in [-0.1, -0.05) is 30.3 Å². The van der Waals surface area contributed by atoms with Gasteiger partial charge in [0.25, 0.3) is 0 Å². The second-order valence-corrected chi connectivity index (χ2v) is 7.62. The number of ether oxygens (including phenoxy) is 2. The van der Waals surface area contributed by atoms with Crippen LogP contribution in [-0.4, -0.2) is 62.1 Å². The molecule has 0 amide bonds. The molecule has 7 heteroatoms. The Morgan fingerprint density at radius 1 is 1.20 bits per heavy atom. The van der Waals surface area contributed by atoms with Crippen LogP contribution in [0.5, 0.6) is 0 Å². The van der Waals surface area contributed by atoms with Crippen LogP contribution < -0.4 is 10.6 Å². The molecule has 0 aliphatic carbocycles. The number of hydrogen-bond donors (Lipinski definition) is 2. The number of aliphatic imine (C=N–C) groups is 1. The lowest BCUT2D eigenvalue weighted by atomic mass is 10.0. The van der Waals surface area contributed by atoms with Crippen molar-refractivity contribution in [3.8, 4) is 0 Å². The average molecular weight is 414 g/mol. The standard InChI is InChI=1S/C23H35N5O2/c1-24-23(26-11-5-15-30-19-21-9-16-29-17-10-21)27-12-8-22-25-13-14-28(22)18-20-6-3-2-4-7-20/h2-4,6-7,13-14,21H,5,8-12,15-19H2,1H3,(H2,24,26,27). The lowest BCUT2D eigenvalue weighted by Crippen LogP contribution is -2.39. The first kappa shape index (κ1) is 22.3. The maximum atomic E-state index is 5.81. The number of nitrogens with one attached hydrogen (secondary N) is 2. The fourth-order valence-corrected chi connectivity index (χ4v) is 3.55. The van der Waals surface area contributed by atoms with Crippen molar-refractivity contribution in [2.24, 2.45) is 10.9 Å². The summed E-state index contributed by atoms with van der Waals surface area (Å²) in [4.78, 5) is 8.81. The third-order valence-corrected chi connectivity index (χ3v) is 5.31. The Hall–Kier alpha value is -2.38. The fraction of sp³-hybridized carbons (Fsp3) is 0.565. The molecule has 1 aromatic carbocycles. The quantitative estimate of drug-likeness (QED) is 0.336. The zero-order valence-corrected chi connectivity index (χ0v) is 18.1. The van der Waals surface area contributed by atoms with Crippen molar-refractivity contribution in [1.82, 2.24) is 20.2 Å². The Balaban J connectivity index is 1.28. The van der Waals surface area contributed by atoms with Crippen molar-refractivity contribution in [3.63, 3.8) is 0 Å². The topological polar surface area (TPSA) is 72.7 Å². The van der Waals surface area contributed by atoms with Gasteiger partial charge in [-0.25, -0.2) is 4.98 Å².